The van der Waals surface area contributed by atoms with Gasteiger partial charge in [-0.05, 0) is 37.2 Å². The van der Waals surface area contributed by atoms with Crippen molar-refractivity contribution in [2.45, 2.75) is 51.5 Å². The van der Waals surface area contributed by atoms with E-state index in [9.17, 15) is 4.79 Å². The topological polar surface area (TPSA) is 59.5 Å². The van der Waals surface area contributed by atoms with Crippen molar-refractivity contribution >= 4 is 5.91 Å². The summed E-state index contributed by atoms with van der Waals surface area (Å²) in [4.78, 5) is 14.6. The third kappa shape index (κ3) is 2.62. The summed E-state index contributed by atoms with van der Waals surface area (Å²) in [6.45, 7) is 2.15. The summed E-state index contributed by atoms with van der Waals surface area (Å²) >= 11 is 0. The Bertz CT molecular complexity index is 469. The van der Waals surface area contributed by atoms with Crippen molar-refractivity contribution in [1.29, 1.82) is 0 Å². The van der Waals surface area contributed by atoms with Crippen LogP contribution in [0.15, 0.2) is 16.7 Å². The lowest BCUT2D eigenvalue weighted by atomic mass is 9.69. The van der Waals surface area contributed by atoms with Crippen LogP contribution in [0.25, 0.3) is 0 Å². The number of likely N-dealkylation sites (tertiary alicyclic amines) is 1. The molecule has 2 heterocycles. The minimum atomic E-state index is 0.109. The van der Waals surface area contributed by atoms with E-state index in [4.69, 9.17) is 10.2 Å². The highest BCUT2D eigenvalue weighted by Crippen LogP contribution is 2.43. The zero-order valence-electron chi connectivity index (χ0n) is 12.1. The van der Waals surface area contributed by atoms with Crippen LogP contribution < -0.4 is 5.73 Å². The highest BCUT2D eigenvalue weighted by Gasteiger charge is 2.38. The van der Waals surface area contributed by atoms with E-state index >= 15 is 0 Å². The number of nitrogens with zero attached hydrogens (tertiary/aromatic N) is 1. The van der Waals surface area contributed by atoms with Crippen molar-refractivity contribution in [2.75, 3.05) is 13.1 Å². The SMILES string of the molecule is NCc1cc(C(=O)N2CCCC3(CCCCC3)C2)co1. The van der Waals surface area contributed by atoms with Crippen molar-refractivity contribution in [3.05, 3.63) is 23.7 Å². The summed E-state index contributed by atoms with van der Waals surface area (Å²) in [6.07, 6.45) is 10.6. The van der Waals surface area contributed by atoms with E-state index in [0.717, 1.165) is 19.5 Å². The average molecular weight is 276 g/mol. The first-order chi connectivity index (χ1) is 9.72. The standard InChI is InChI=1S/C16H24N2O2/c17-10-14-9-13(11-20-14)15(19)18-8-4-7-16(12-18)5-2-1-3-6-16/h9,11H,1-8,10,12,17H2. The van der Waals surface area contributed by atoms with Gasteiger partial charge in [0.2, 0.25) is 0 Å². The number of nitrogens with two attached hydrogens (primary N) is 1. The molecule has 1 saturated carbocycles. The second-order valence-corrected chi connectivity index (χ2v) is 6.40. The van der Waals surface area contributed by atoms with E-state index < -0.39 is 0 Å². The summed E-state index contributed by atoms with van der Waals surface area (Å²) in [5.41, 5.74) is 6.58. The van der Waals surface area contributed by atoms with Crippen molar-refractivity contribution in [1.82, 2.24) is 4.90 Å². The van der Waals surface area contributed by atoms with Gasteiger partial charge in [0, 0.05) is 13.1 Å². The molecule has 20 heavy (non-hydrogen) atoms. The Morgan fingerprint density at radius 3 is 2.70 bits per heavy atom. The summed E-state index contributed by atoms with van der Waals surface area (Å²) in [5, 5.41) is 0. The van der Waals surface area contributed by atoms with E-state index in [0.29, 0.717) is 23.3 Å². The molecular weight excluding hydrogens is 252 g/mol. The first-order valence-corrected chi connectivity index (χ1v) is 7.79. The Labute approximate surface area is 120 Å². The number of amides is 1. The number of carbonyl (C=O) groups is 1. The highest BCUT2D eigenvalue weighted by molar-refractivity contribution is 5.94. The first-order valence-electron chi connectivity index (χ1n) is 7.79. The van der Waals surface area contributed by atoms with Gasteiger partial charge < -0.3 is 15.1 Å². The summed E-state index contributed by atoms with van der Waals surface area (Å²) in [6, 6.07) is 1.78. The number of rotatable bonds is 2. The van der Waals surface area contributed by atoms with Gasteiger partial charge in [-0.15, -0.1) is 0 Å². The Balaban J connectivity index is 1.71. The summed E-state index contributed by atoms with van der Waals surface area (Å²) in [5.74, 6) is 0.788. The van der Waals surface area contributed by atoms with Gasteiger partial charge in [0.15, 0.2) is 0 Å². The Kier molecular flexibility index (Phi) is 3.83. The lowest BCUT2D eigenvalue weighted by Crippen LogP contribution is -2.46. The largest absolute Gasteiger partial charge is 0.467 e. The van der Waals surface area contributed by atoms with Crippen LogP contribution in [0.5, 0.6) is 0 Å². The molecule has 1 aromatic heterocycles. The number of hydrogen-bond acceptors (Lipinski definition) is 3. The molecule has 2 fully saturated rings. The molecule has 0 bridgehead atoms. The molecule has 0 atom stereocenters. The van der Waals surface area contributed by atoms with Gasteiger partial charge in [-0.25, -0.2) is 0 Å². The number of carbonyl (C=O) groups excluding carboxylic acids is 1. The third-order valence-corrected chi connectivity index (χ3v) is 4.96. The van der Waals surface area contributed by atoms with E-state index in [-0.39, 0.29) is 5.91 Å². The molecule has 3 rings (SSSR count). The third-order valence-electron chi connectivity index (χ3n) is 4.96. The lowest BCUT2D eigenvalue weighted by molar-refractivity contribution is 0.0383. The monoisotopic (exact) mass is 276 g/mol. The zero-order chi connectivity index (χ0) is 14.0. The fourth-order valence-corrected chi connectivity index (χ4v) is 3.87. The predicted molar refractivity (Wildman–Crippen MR) is 77.3 cm³/mol. The predicted octanol–water partition coefficient (Wildman–Crippen LogP) is 2.92. The molecule has 2 N–H and O–H groups in total. The van der Waals surface area contributed by atoms with Gasteiger partial charge in [0.25, 0.3) is 5.91 Å². The van der Waals surface area contributed by atoms with Crippen LogP contribution in [0, 0.1) is 5.41 Å². The van der Waals surface area contributed by atoms with Gasteiger partial charge in [-0.2, -0.15) is 0 Å². The maximum atomic E-state index is 12.6. The normalized spacial score (nSPS) is 22.1. The van der Waals surface area contributed by atoms with Gasteiger partial charge in [-0.3, -0.25) is 4.79 Å². The first kappa shape index (κ1) is 13.7. The van der Waals surface area contributed by atoms with E-state index in [1.54, 1.807) is 12.3 Å². The molecule has 1 saturated heterocycles. The second kappa shape index (κ2) is 5.60. The van der Waals surface area contributed by atoms with Crippen molar-refractivity contribution in [3.63, 3.8) is 0 Å². The molecule has 0 unspecified atom stereocenters. The Morgan fingerprint density at radius 1 is 1.25 bits per heavy atom. The quantitative estimate of drug-likeness (QED) is 0.903. The van der Waals surface area contributed by atoms with Crippen LogP contribution in [0.2, 0.25) is 0 Å². The molecule has 2 aliphatic rings. The van der Waals surface area contributed by atoms with Crippen molar-refractivity contribution in [2.24, 2.45) is 11.1 Å². The summed E-state index contributed by atoms with van der Waals surface area (Å²) < 4.78 is 5.29. The fourth-order valence-electron chi connectivity index (χ4n) is 3.87. The maximum Gasteiger partial charge on any atom is 0.257 e. The minimum Gasteiger partial charge on any atom is -0.467 e. The van der Waals surface area contributed by atoms with Crippen LogP contribution in [-0.2, 0) is 6.54 Å². The van der Waals surface area contributed by atoms with Gasteiger partial charge in [0.05, 0.1) is 12.1 Å². The van der Waals surface area contributed by atoms with Crippen molar-refractivity contribution in [3.8, 4) is 0 Å². The van der Waals surface area contributed by atoms with Crippen LogP contribution in [0.3, 0.4) is 0 Å². The Hall–Kier alpha value is -1.29. The molecular formula is C16H24N2O2. The molecule has 110 valence electrons. The zero-order valence-corrected chi connectivity index (χ0v) is 12.1. The van der Waals surface area contributed by atoms with Gasteiger partial charge in [0.1, 0.15) is 12.0 Å². The smallest absolute Gasteiger partial charge is 0.257 e. The molecule has 1 spiro atoms. The van der Waals surface area contributed by atoms with Gasteiger partial charge >= 0.3 is 0 Å². The number of piperidine rings is 1. The van der Waals surface area contributed by atoms with Crippen LogP contribution in [0.4, 0.5) is 0 Å². The molecule has 1 amide bonds. The van der Waals surface area contributed by atoms with Crippen LogP contribution in [-0.4, -0.2) is 23.9 Å². The lowest BCUT2D eigenvalue weighted by Gasteiger charge is -2.45. The van der Waals surface area contributed by atoms with Crippen LogP contribution in [0.1, 0.15) is 61.1 Å². The van der Waals surface area contributed by atoms with Gasteiger partial charge in [-0.1, -0.05) is 19.3 Å². The molecule has 1 aliphatic heterocycles. The fraction of sp³-hybridized carbons (Fsp3) is 0.688. The minimum absolute atomic E-state index is 0.109. The molecule has 1 aromatic rings. The maximum absolute atomic E-state index is 12.6. The highest BCUT2D eigenvalue weighted by atomic mass is 16.3. The second-order valence-electron chi connectivity index (χ2n) is 6.40. The summed E-state index contributed by atoms with van der Waals surface area (Å²) in [7, 11) is 0. The van der Waals surface area contributed by atoms with E-state index in [2.05, 4.69) is 0 Å². The Morgan fingerprint density at radius 2 is 2.00 bits per heavy atom. The number of hydrogen-bond donors (Lipinski definition) is 1. The van der Waals surface area contributed by atoms with E-state index in [1.165, 1.54) is 38.5 Å². The molecule has 4 heteroatoms. The molecule has 4 nitrogen and oxygen atoms in total. The molecule has 0 radical (unpaired) electrons. The van der Waals surface area contributed by atoms with Crippen LogP contribution >= 0.6 is 0 Å². The molecule has 0 aromatic carbocycles. The van der Waals surface area contributed by atoms with Crippen molar-refractivity contribution < 1.29 is 9.21 Å². The average Bonchev–Trinajstić information content (AvgIpc) is 2.96. The molecule has 1 aliphatic carbocycles. The number of furan rings is 1. The van der Waals surface area contributed by atoms with E-state index in [1.807, 2.05) is 4.90 Å².